The van der Waals surface area contributed by atoms with Gasteiger partial charge in [-0.15, -0.1) is 0 Å². The summed E-state index contributed by atoms with van der Waals surface area (Å²) in [7, 11) is 0. The van der Waals surface area contributed by atoms with Crippen LogP contribution < -0.4 is 0 Å². The van der Waals surface area contributed by atoms with Gasteiger partial charge in [-0.05, 0) is 25.3 Å². The van der Waals surface area contributed by atoms with Crippen molar-refractivity contribution < 1.29 is 29.5 Å². The number of nitro benzene ring substituents is 1. The normalized spacial score (nSPS) is 17.4. The summed E-state index contributed by atoms with van der Waals surface area (Å²) in [5, 5.41) is 31.1. The second-order valence-electron chi connectivity index (χ2n) is 7.92. The van der Waals surface area contributed by atoms with Crippen molar-refractivity contribution in [3.63, 3.8) is 0 Å². The Hall–Kier alpha value is -4.01. The molecule has 2 aromatic carbocycles. The first-order valence-corrected chi connectivity index (χ1v) is 10.5. The minimum absolute atomic E-state index is 0.000546. The summed E-state index contributed by atoms with van der Waals surface area (Å²) in [4.78, 5) is 48.6. The molecule has 1 saturated heterocycles. The second-order valence-corrected chi connectivity index (χ2v) is 7.92. The molecular formula is C24H24N2O7. The number of Topliss-reactive ketones (excluding diaryl/α,β-unsaturated/α-hetero) is 1. The molecule has 1 heterocycles. The van der Waals surface area contributed by atoms with E-state index in [2.05, 4.69) is 0 Å². The van der Waals surface area contributed by atoms with Crippen molar-refractivity contribution >= 4 is 29.1 Å². The number of carboxylic acid groups (broad SMARTS) is 1. The van der Waals surface area contributed by atoms with Gasteiger partial charge in [-0.3, -0.25) is 24.5 Å². The van der Waals surface area contributed by atoms with Crippen molar-refractivity contribution in [2.24, 2.45) is 0 Å². The predicted molar refractivity (Wildman–Crippen MR) is 119 cm³/mol. The van der Waals surface area contributed by atoms with Crippen molar-refractivity contribution in [3.05, 3.63) is 80.9 Å². The van der Waals surface area contributed by atoms with Crippen LogP contribution in [0, 0.1) is 17.0 Å². The summed E-state index contributed by atoms with van der Waals surface area (Å²) in [6.45, 7) is 2.01. The molecule has 0 aliphatic carbocycles. The number of aryl methyl sites for hydroxylation is 1. The third-order valence-corrected chi connectivity index (χ3v) is 5.55. The Kier molecular flexibility index (Phi) is 7.22. The highest BCUT2D eigenvalue weighted by atomic mass is 16.6. The van der Waals surface area contributed by atoms with Crippen LogP contribution >= 0.6 is 0 Å². The molecule has 0 bridgehead atoms. The van der Waals surface area contributed by atoms with Gasteiger partial charge in [0.05, 0.1) is 16.5 Å². The molecule has 0 aromatic heterocycles. The lowest BCUT2D eigenvalue weighted by Crippen LogP contribution is -2.30. The number of aliphatic hydroxyl groups excluding tert-OH is 1. The number of hydrogen-bond donors (Lipinski definition) is 2. The molecule has 2 N–H and O–H groups in total. The first-order valence-electron chi connectivity index (χ1n) is 10.5. The predicted octanol–water partition coefficient (Wildman–Crippen LogP) is 3.97. The first kappa shape index (κ1) is 23.6. The fourth-order valence-corrected chi connectivity index (χ4v) is 3.87. The summed E-state index contributed by atoms with van der Waals surface area (Å²) in [5.74, 6) is -2.93. The summed E-state index contributed by atoms with van der Waals surface area (Å²) < 4.78 is 0. The van der Waals surface area contributed by atoms with Gasteiger partial charge in [0, 0.05) is 30.7 Å². The summed E-state index contributed by atoms with van der Waals surface area (Å²) in [6, 6.07) is 11.4. The number of carbonyl (C=O) groups excluding carboxylic acids is 2. The summed E-state index contributed by atoms with van der Waals surface area (Å²) in [5.41, 5.74) is 1.31. The Morgan fingerprint density at radius 3 is 2.39 bits per heavy atom. The van der Waals surface area contributed by atoms with Gasteiger partial charge in [-0.25, -0.2) is 0 Å². The van der Waals surface area contributed by atoms with Crippen LogP contribution in [0.15, 0.2) is 54.1 Å². The molecule has 1 unspecified atom stereocenters. The van der Waals surface area contributed by atoms with Crippen LogP contribution in [0.25, 0.3) is 5.76 Å². The number of benzene rings is 2. The van der Waals surface area contributed by atoms with E-state index in [1.807, 2.05) is 6.92 Å². The van der Waals surface area contributed by atoms with Gasteiger partial charge in [0.2, 0.25) is 0 Å². The average molecular weight is 452 g/mol. The number of hydrogen-bond acceptors (Lipinski definition) is 6. The van der Waals surface area contributed by atoms with Crippen LogP contribution in [0.1, 0.15) is 48.4 Å². The number of amides is 1. The van der Waals surface area contributed by atoms with E-state index in [0.29, 0.717) is 30.4 Å². The number of carbonyl (C=O) groups is 3. The van der Waals surface area contributed by atoms with Gasteiger partial charge < -0.3 is 15.1 Å². The molecule has 172 valence electrons. The molecule has 2 aromatic rings. The van der Waals surface area contributed by atoms with Gasteiger partial charge in [0.25, 0.3) is 17.4 Å². The van der Waals surface area contributed by atoms with Crippen molar-refractivity contribution in [1.82, 2.24) is 4.90 Å². The number of unbranched alkanes of at least 4 members (excludes halogenated alkanes) is 2. The zero-order chi connectivity index (χ0) is 24.1. The second kappa shape index (κ2) is 10.1. The van der Waals surface area contributed by atoms with Crippen molar-refractivity contribution in [2.45, 2.75) is 38.6 Å². The van der Waals surface area contributed by atoms with Gasteiger partial charge in [0.1, 0.15) is 5.76 Å². The number of nitro groups is 1. The van der Waals surface area contributed by atoms with Gasteiger partial charge in [-0.1, -0.05) is 48.4 Å². The van der Waals surface area contributed by atoms with E-state index in [1.54, 1.807) is 30.3 Å². The molecule has 9 heteroatoms. The Balaban J connectivity index is 2.02. The molecule has 33 heavy (non-hydrogen) atoms. The highest BCUT2D eigenvalue weighted by Gasteiger charge is 2.46. The molecule has 1 aliphatic heterocycles. The Morgan fingerprint density at radius 1 is 1.06 bits per heavy atom. The number of rotatable bonds is 9. The molecule has 0 radical (unpaired) electrons. The van der Waals surface area contributed by atoms with E-state index in [0.717, 1.165) is 5.56 Å². The molecule has 1 aliphatic rings. The molecule has 9 nitrogen and oxygen atoms in total. The lowest BCUT2D eigenvalue weighted by molar-refractivity contribution is -0.384. The zero-order valence-corrected chi connectivity index (χ0v) is 18.1. The molecule has 3 rings (SSSR count). The number of non-ortho nitro benzene ring substituents is 1. The third kappa shape index (κ3) is 5.25. The highest BCUT2D eigenvalue weighted by molar-refractivity contribution is 6.46. The van der Waals surface area contributed by atoms with E-state index in [-0.39, 0.29) is 30.0 Å². The fraction of sp³-hybridized carbons (Fsp3) is 0.292. The largest absolute Gasteiger partial charge is 0.507 e. The minimum atomic E-state index is -0.995. The molecule has 1 fully saturated rings. The maximum Gasteiger partial charge on any atom is 0.303 e. The Bertz CT molecular complexity index is 1120. The average Bonchev–Trinajstić information content (AvgIpc) is 3.03. The fourth-order valence-electron chi connectivity index (χ4n) is 3.87. The smallest absolute Gasteiger partial charge is 0.303 e. The third-order valence-electron chi connectivity index (χ3n) is 5.55. The van der Waals surface area contributed by atoms with Crippen LogP contribution in [0.4, 0.5) is 5.69 Å². The number of aliphatic hydroxyl groups is 1. The van der Waals surface area contributed by atoms with Gasteiger partial charge in [0.15, 0.2) is 0 Å². The van der Waals surface area contributed by atoms with Crippen LogP contribution in [0.5, 0.6) is 0 Å². The molecule has 0 saturated carbocycles. The quantitative estimate of drug-likeness (QED) is 0.147. The first-order chi connectivity index (χ1) is 15.7. The van der Waals surface area contributed by atoms with E-state index in [9.17, 15) is 29.6 Å². The van der Waals surface area contributed by atoms with Gasteiger partial charge in [-0.2, -0.15) is 0 Å². The molecule has 1 atom stereocenters. The molecule has 0 spiro atoms. The van der Waals surface area contributed by atoms with E-state index in [1.165, 1.54) is 23.1 Å². The lowest BCUT2D eigenvalue weighted by atomic mass is 9.94. The van der Waals surface area contributed by atoms with Crippen molar-refractivity contribution in [2.75, 3.05) is 6.54 Å². The number of aliphatic carboxylic acids is 1. The molecule has 1 amide bonds. The summed E-state index contributed by atoms with van der Waals surface area (Å²) in [6.07, 6.45) is 1.38. The Labute approximate surface area is 190 Å². The van der Waals surface area contributed by atoms with Crippen LogP contribution in [0.2, 0.25) is 0 Å². The standard InChI is InChI=1S/C24H24N2O7/c1-15-9-11-16(12-10-15)22(29)20-21(17-6-5-7-18(14-17)26(32)33)25(24(31)23(20)30)13-4-2-3-8-19(27)28/h5-7,9-12,14,21,29H,2-4,8,13H2,1H3,(H,27,28). The monoisotopic (exact) mass is 452 g/mol. The van der Waals surface area contributed by atoms with E-state index in [4.69, 9.17) is 5.11 Å². The zero-order valence-electron chi connectivity index (χ0n) is 18.1. The van der Waals surface area contributed by atoms with E-state index < -0.39 is 28.6 Å². The van der Waals surface area contributed by atoms with Crippen LogP contribution in [0.3, 0.4) is 0 Å². The lowest BCUT2D eigenvalue weighted by Gasteiger charge is -2.25. The number of nitrogens with zero attached hydrogens (tertiary/aromatic N) is 2. The number of likely N-dealkylation sites (tertiary alicyclic amines) is 1. The Morgan fingerprint density at radius 2 is 1.76 bits per heavy atom. The number of ketones is 1. The van der Waals surface area contributed by atoms with Crippen LogP contribution in [-0.4, -0.2) is 44.2 Å². The highest BCUT2D eigenvalue weighted by Crippen LogP contribution is 2.40. The topological polar surface area (TPSA) is 138 Å². The van der Waals surface area contributed by atoms with Gasteiger partial charge >= 0.3 is 5.97 Å². The van der Waals surface area contributed by atoms with Crippen LogP contribution in [-0.2, 0) is 14.4 Å². The van der Waals surface area contributed by atoms with Crippen molar-refractivity contribution in [3.8, 4) is 0 Å². The molecular weight excluding hydrogens is 428 g/mol. The van der Waals surface area contributed by atoms with Crippen molar-refractivity contribution in [1.29, 1.82) is 0 Å². The SMILES string of the molecule is Cc1ccc(C(O)=C2C(=O)C(=O)N(CCCCCC(=O)O)C2c2cccc([N+](=O)[O-])c2)cc1. The summed E-state index contributed by atoms with van der Waals surface area (Å²) >= 11 is 0. The number of carboxylic acids is 1. The maximum atomic E-state index is 13.0. The minimum Gasteiger partial charge on any atom is -0.507 e. The maximum absolute atomic E-state index is 13.0. The van der Waals surface area contributed by atoms with E-state index >= 15 is 0 Å².